The number of aryl methyl sites for hydroxylation is 1. The van der Waals surface area contributed by atoms with Gasteiger partial charge in [-0.25, -0.2) is 0 Å². The van der Waals surface area contributed by atoms with Crippen LogP contribution in [0.4, 0.5) is 0 Å². The molecule has 0 saturated heterocycles. The van der Waals surface area contributed by atoms with Crippen molar-refractivity contribution < 1.29 is 9.94 Å². The van der Waals surface area contributed by atoms with Crippen LogP contribution in [-0.4, -0.2) is 23.0 Å². The molecule has 4 heteroatoms. The molecule has 30 heavy (non-hydrogen) atoms. The molecule has 160 valence electrons. The van der Waals surface area contributed by atoms with Gasteiger partial charge in [0.15, 0.2) is 0 Å². The standard InChI is InChI=1S/C26H34N2O2/c1-2-25(28-30-17-19-6-4-3-5-7-19)23-11-10-20-14-22(9-8-21(20)15-23)24-12-13-26(27,16-24)18-29/h3-9,14,23-24,29H,2,10-13,15-18,27H2,1H3/b28-25+/t23-,24+,26-/m1/s1. The normalized spacial score (nSPS) is 26.4. The number of aliphatic hydroxyl groups excluding tert-OH is 1. The molecular weight excluding hydrogens is 372 g/mol. The Hall–Kier alpha value is -2.17. The van der Waals surface area contributed by atoms with E-state index in [9.17, 15) is 5.11 Å². The number of rotatable bonds is 7. The van der Waals surface area contributed by atoms with E-state index in [1.54, 1.807) is 0 Å². The SMILES string of the molecule is CC/C(=N\OCc1ccccc1)[C@@H]1CCc2cc([C@H]3CC[C@](N)(CO)C3)ccc2C1. The Kier molecular flexibility index (Phi) is 6.55. The second-order valence-electron chi connectivity index (χ2n) is 9.12. The third kappa shape index (κ3) is 4.76. The first-order valence-corrected chi connectivity index (χ1v) is 11.3. The third-order valence-electron chi connectivity index (χ3n) is 6.98. The average molecular weight is 407 g/mol. The fourth-order valence-electron chi connectivity index (χ4n) is 5.09. The summed E-state index contributed by atoms with van der Waals surface area (Å²) in [6.07, 6.45) is 7.05. The molecule has 2 aliphatic rings. The molecule has 1 fully saturated rings. The van der Waals surface area contributed by atoms with E-state index in [0.29, 0.717) is 18.4 Å². The molecule has 2 aliphatic carbocycles. The quantitative estimate of drug-likeness (QED) is 0.516. The minimum Gasteiger partial charge on any atom is -0.394 e. The van der Waals surface area contributed by atoms with Gasteiger partial charge in [-0.1, -0.05) is 60.6 Å². The summed E-state index contributed by atoms with van der Waals surface area (Å²) in [7, 11) is 0. The monoisotopic (exact) mass is 406 g/mol. The lowest BCUT2D eigenvalue weighted by molar-refractivity contribution is 0.128. The van der Waals surface area contributed by atoms with Crippen LogP contribution in [0, 0.1) is 5.92 Å². The number of hydrogen-bond donors (Lipinski definition) is 2. The van der Waals surface area contributed by atoms with Gasteiger partial charge in [-0.2, -0.15) is 0 Å². The molecule has 0 heterocycles. The van der Waals surface area contributed by atoms with E-state index < -0.39 is 5.54 Å². The van der Waals surface area contributed by atoms with Crippen LogP contribution in [0.2, 0.25) is 0 Å². The molecule has 0 aliphatic heterocycles. The fourth-order valence-corrected chi connectivity index (χ4v) is 5.09. The highest BCUT2D eigenvalue weighted by Crippen LogP contribution is 2.40. The number of fused-ring (bicyclic) bond motifs is 1. The summed E-state index contributed by atoms with van der Waals surface area (Å²) in [5.74, 6) is 0.936. The van der Waals surface area contributed by atoms with E-state index in [2.05, 4.69) is 42.4 Å². The van der Waals surface area contributed by atoms with E-state index >= 15 is 0 Å². The van der Waals surface area contributed by atoms with E-state index in [1.807, 2.05) is 18.2 Å². The second-order valence-corrected chi connectivity index (χ2v) is 9.12. The van der Waals surface area contributed by atoms with E-state index in [-0.39, 0.29) is 6.61 Å². The average Bonchev–Trinajstić information content (AvgIpc) is 3.19. The molecule has 2 aromatic rings. The lowest BCUT2D eigenvalue weighted by atomic mass is 9.79. The molecule has 0 radical (unpaired) electrons. The minimum absolute atomic E-state index is 0.0849. The van der Waals surface area contributed by atoms with Crippen LogP contribution in [0.5, 0.6) is 0 Å². The zero-order chi connectivity index (χ0) is 21.0. The maximum atomic E-state index is 9.57. The van der Waals surface area contributed by atoms with Gasteiger partial charge >= 0.3 is 0 Å². The predicted octanol–water partition coefficient (Wildman–Crippen LogP) is 4.73. The van der Waals surface area contributed by atoms with Crippen LogP contribution in [0.1, 0.15) is 67.2 Å². The van der Waals surface area contributed by atoms with Gasteiger partial charge in [0.2, 0.25) is 0 Å². The summed E-state index contributed by atoms with van der Waals surface area (Å²) in [4.78, 5) is 5.69. The number of hydrogen-bond acceptors (Lipinski definition) is 4. The molecule has 3 N–H and O–H groups in total. The molecular formula is C26H34N2O2. The molecule has 0 spiro atoms. The molecule has 4 nitrogen and oxygen atoms in total. The Balaban J connectivity index is 1.40. The van der Waals surface area contributed by atoms with Gasteiger partial charge in [-0.05, 0) is 73.1 Å². The van der Waals surface area contributed by atoms with Gasteiger partial charge in [0.1, 0.15) is 6.61 Å². The van der Waals surface area contributed by atoms with Crippen molar-refractivity contribution >= 4 is 5.71 Å². The van der Waals surface area contributed by atoms with Crippen molar-refractivity contribution in [1.82, 2.24) is 0 Å². The van der Waals surface area contributed by atoms with Crippen LogP contribution in [0.15, 0.2) is 53.7 Å². The first-order valence-electron chi connectivity index (χ1n) is 11.3. The van der Waals surface area contributed by atoms with E-state index in [4.69, 9.17) is 10.6 Å². The van der Waals surface area contributed by atoms with Crippen molar-refractivity contribution in [3.63, 3.8) is 0 Å². The zero-order valence-corrected chi connectivity index (χ0v) is 18.0. The Morgan fingerprint density at radius 1 is 1.17 bits per heavy atom. The van der Waals surface area contributed by atoms with Crippen LogP contribution in [-0.2, 0) is 24.3 Å². The van der Waals surface area contributed by atoms with Crippen molar-refractivity contribution in [3.05, 3.63) is 70.8 Å². The second kappa shape index (κ2) is 9.32. The molecule has 0 unspecified atom stereocenters. The number of nitrogens with two attached hydrogens (primary N) is 1. The van der Waals surface area contributed by atoms with Gasteiger partial charge in [-0.15, -0.1) is 0 Å². The first kappa shape index (κ1) is 21.1. The summed E-state index contributed by atoms with van der Waals surface area (Å²) in [6, 6.07) is 17.2. The van der Waals surface area contributed by atoms with Crippen molar-refractivity contribution in [2.75, 3.05) is 6.61 Å². The molecule has 0 aromatic heterocycles. The topological polar surface area (TPSA) is 67.8 Å². The lowest BCUT2D eigenvalue weighted by Gasteiger charge is -2.27. The van der Waals surface area contributed by atoms with Gasteiger partial charge in [0, 0.05) is 11.5 Å². The molecule has 3 atom stereocenters. The highest BCUT2D eigenvalue weighted by Gasteiger charge is 2.36. The van der Waals surface area contributed by atoms with Crippen LogP contribution in [0.3, 0.4) is 0 Å². The fraction of sp³-hybridized carbons (Fsp3) is 0.500. The van der Waals surface area contributed by atoms with Gasteiger partial charge < -0.3 is 15.7 Å². The molecule has 2 aromatic carbocycles. The smallest absolute Gasteiger partial charge is 0.142 e. The van der Waals surface area contributed by atoms with Gasteiger partial charge in [0.25, 0.3) is 0 Å². The zero-order valence-electron chi connectivity index (χ0n) is 18.0. The summed E-state index contributed by atoms with van der Waals surface area (Å²) in [5.41, 5.74) is 12.5. The minimum atomic E-state index is -0.391. The van der Waals surface area contributed by atoms with Crippen molar-refractivity contribution in [3.8, 4) is 0 Å². The maximum Gasteiger partial charge on any atom is 0.142 e. The number of nitrogens with zero attached hydrogens (tertiary/aromatic N) is 1. The maximum absolute atomic E-state index is 9.57. The van der Waals surface area contributed by atoms with Crippen molar-refractivity contribution in [2.24, 2.45) is 16.8 Å². The Bertz CT molecular complexity index is 880. The highest BCUT2D eigenvalue weighted by molar-refractivity contribution is 5.86. The van der Waals surface area contributed by atoms with E-state index in [1.165, 1.54) is 22.4 Å². The summed E-state index contributed by atoms with van der Waals surface area (Å²) < 4.78 is 0. The summed E-state index contributed by atoms with van der Waals surface area (Å²) in [5, 5.41) is 14.1. The largest absolute Gasteiger partial charge is 0.394 e. The number of benzene rings is 2. The highest BCUT2D eigenvalue weighted by atomic mass is 16.6. The summed E-state index contributed by atoms with van der Waals surface area (Å²) in [6.45, 7) is 2.78. The van der Waals surface area contributed by atoms with Gasteiger partial charge in [0.05, 0.1) is 12.3 Å². The van der Waals surface area contributed by atoms with Crippen molar-refractivity contribution in [2.45, 2.75) is 69.9 Å². The lowest BCUT2D eigenvalue weighted by Crippen LogP contribution is -2.40. The van der Waals surface area contributed by atoms with Gasteiger partial charge in [-0.3, -0.25) is 0 Å². The number of oxime groups is 1. The Morgan fingerprint density at radius 3 is 2.73 bits per heavy atom. The number of aliphatic hydroxyl groups is 1. The Morgan fingerprint density at radius 2 is 2.00 bits per heavy atom. The third-order valence-corrected chi connectivity index (χ3v) is 6.98. The Labute approximate surface area is 180 Å². The van der Waals surface area contributed by atoms with Crippen molar-refractivity contribution in [1.29, 1.82) is 0 Å². The van der Waals surface area contributed by atoms with E-state index in [0.717, 1.165) is 50.5 Å². The molecule has 0 amide bonds. The summed E-state index contributed by atoms with van der Waals surface area (Å²) >= 11 is 0. The van der Waals surface area contributed by atoms with Crippen LogP contribution in [0.25, 0.3) is 0 Å². The van der Waals surface area contributed by atoms with Crippen LogP contribution < -0.4 is 5.73 Å². The van der Waals surface area contributed by atoms with Crippen LogP contribution >= 0.6 is 0 Å². The molecule has 4 rings (SSSR count). The first-order chi connectivity index (χ1) is 14.6. The predicted molar refractivity (Wildman–Crippen MR) is 122 cm³/mol. The molecule has 1 saturated carbocycles. The molecule has 0 bridgehead atoms.